The van der Waals surface area contributed by atoms with Gasteiger partial charge in [-0.25, -0.2) is 0 Å². The molecule has 0 fully saturated rings. The molecule has 22 heavy (non-hydrogen) atoms. The second kappa shape index (κ2) is 6.27. The minimum Gasteiger partial charge on any atom is -0.364 e. The molecule has 3 rings (SSSR count). The first-order valence-corrected chi connectivity index (χ1v) is 7.29. The smallest absolute Gasteiger partial charge is 0.269 e. The van der Waals surface area contributed by atoms with Crippen molar-refractivity contribution in [2.24, 2.45) is 5.73 Å². The normalized spacial score (nSPS) is 10.4. The quantitative estimate of drug-likeness (QED) is 0.742. The molecule has 0 bridgehead atoms. The van der Waals surface area contributed by atoms with Crippen molar-refractivity contribution in [2.75, 3.05) is 5.32 Å². The molecule has 0 saturated heterocycles. The Kier molecular flexibility index (Phi) is 4.01. The standard InChI is InChI=1S/C14H12N6OS/c15-13(21)10-6-7-11(18-17-10)16-8-12-19-20-14(22-12)9-4-2-1-3-5-9/h1-7H,8H2,(H2,15,21)(H,16,18). The molecule has 0 unspecified atom stereocenters. The molecule has 0 aliphatic heterocycles. The Morgan fingerprint density at radius 3 is 2.55 bits per heavy atom. The van der Waals surface area contributed by atoms with Crippen molar-refractivity contribution in [1.82, 2.24) is 20.4 Å². The summed E-state index contributed by atoms with van der Waals surface area (Å²) < 4.78 is 0. The number of nitrogens with zero attached hydrogens (tertiary/aromatic N) is 4. The number of carbonyl (C=O) groups excluding carboxylic acids is 1. The van der Waals surface area contributed by atoms with E-state index in [0.29, 0.717) is 12.4 Å². The van der Waals surface area contributed by atoms with Crippen molar-refractivity contribution in [1.29, 1.82) is 0 Å². The number of rotatable bonds is 5. The van der Waals surface area contributed by atoms with Gasteiger partial charge in [-0.2, -0.15) is 0 Å². The molecular formula is C14H12N6OS. The molecule has 2 heterocycles. The van der Waals surface area contributed by atoms with Crippen LogP contribution in [0.3, 0.4) is 0 Å². The van der Waals surface area contributed by atoms with Crippen LogP contribution >= 0.6 is 11.3 Å². The zero-order valence-corrected chi connectivity index (χ0v) is 12.2. The van der Waals surface area contributed by atoms with E-state index in [1.807, 2.05) is 30.3 Å². The van der Waals surface area contributed by atoms with E-state index in [4.69, 9.17) is 5.73 Å². The Bertz CT molecular complexity index is 772. The second-order valence-corrected chi connectivity index (χ2v) is 5.45. The van der Waals surface area contributed by atoms with Crippen LogP contribution in [-0.2, 0) is 6.54 Å². The zero-order chi connectivity index (χ0) is 15.4. The Balaban J connectivity index is 1.65. The summed E-state index contributed by atoms with van der Waals surface area (Å²) in [5.74, 6) is -0.0582. The van der Waals surface area contributed by atoms with Crippen LogP contribution in [0, 0.1) is 0 Å². The van der Waals surface area contributed by atoms with Crippen molar-refractivity contribution in [2.45, 2.75) is 6.54 Å². The van der Waals surface area contributed by atoms with Gasteiger partial charge in [0.25, 0.3) is 5.91 Å². The molecule has 0 radical (unpaired) electrons. The van der Waals surface area contributed by atoms with Crippen molar-refractivity contribution in [3.63, 3.8) is 0 Å². The molecule has 7 nitrogen and oxygen atoms in total. The summed E-state index contributed by atoms with van der Waals surface area (Å²) in [6.45, 7) is 0.481. The molecule has 3 N–H and O–H groups in total. The predicted octanol–water partition coefficient (Wildman–Crippen LogP) is 1.71. The van der Waals surface area contributed by atoms with Gasteiger partial charge in [0.15, 0.2) is 5.69 Å². The highest BCUT2D eigenvalue weighted by molar-refractivity contribution is 7.14. The van der Waals surface area contributed by atoms with Gasteiger partial charge < -0.3 is 11.1 Å². The number of primary amides is 1. The van der Waals surface area contributed by atoms with Gasteiger partial charge in [0, 0.05) is 5.56 Å². The van der Waals surface area contributed by atoms with E-state index in [1.165, 1.54) is 17.4 Å². The molecule has 0 aliphatic carbocycles. The lowest BCUT2D eigenvalue weighted by atomic mass is 10.2. The fraction of sp³-hybridized carbons (Fsp3) is 0.0714. The first kappa shape index (κ1) is 14.1. The SMILES string of the molecule is NC(=O)c1ccc(NCc2nnc(-c3ccccc3)s2)nn1. The van der Waals surface area contributed by atoms with Crippen molar-refractivity contribution >= 4 is 23.1 Å². The van der Waals surface area contributed by atoms with Crippen LogP contribution in [0.4, 0.5) is 5.82 Å². The topological polar surface area (TPSA) is 107 Å². The Morgan fingerprint density at radius 1 is 1.05 bits per heavy atom. The van der Waals surface area contributed by atoms with E-state index < -0.39 is 5.91 Å². The van der Waals surface area contributed by atoms with E-state index in [9.17, 15) is 4.79 Å². The van der Waals surface area contributed by atoms with Crippen LogP contribution in [-0.4, -0.2) is 26.3 Å². The predicted molar refractivity (Wildman–Crippen MR) is 83.2 cm³/mol. The molecule has 2 aromatic heterocycles. The number of nitrogens with one attached hydrogen (secondary N) is 1. The first-order valence-electron chi connectivity index (χ1n) is 6.47. The fourth-order valence-corrected chi connectivity index (χ4v) is 2.53. The minimum atomic E-state index is -0.601. The van der Waals surface area contributed by atoms with Gasteiger partial charge in [-0.05, 0) is 12.1 Å². The number of nitrogens with two attached hydrogens (primary N) is 1. The van der Waals surface area contributed by atoms with Gasteiger partial charge in [0.1, 0.15) is 15.8 Å². The Morgan fingerprint density at radius 2 is 1.86 bits per heavy atom. The highest BCUT2D eigenvalue weighted by Gasteiger charge is 2.07. The maximum Gasteiger partial charge on any atom is 0.269 e. The third kappa shape index (κ3) is 3.23. The van der Waals surface area contributed by atoms with Gasteiger partial charge in [-0.15, -0.1) is 20.4 Å². The summed E-state index contributed by atoms with van der Waals surface area (Å²) in [6, 6.07) is 13.0. The summed E-state index contributed by atoms with van der Waals surface area (Å²) in [5, 5.41) is 20.7. The number of amides is 1. The molecule has 1 aromatic carbocycles. The number of aromatic nitrogens is 4. The summed E-state index contributed by atoms with van der Waals surface area (Å²) in [7, 11) is 0. The molecule has 1 amide bonds. The molecule has 3 aromatic rings. The van der Waals surface area contributed by atoms with E-state index >= 15 is 0 Å². The molecule has 0 spiro atoms. The van der Waals surface area contributed by atoms with E-state index in [-0.39, 0.29) is 5.69 Å². The molecule has 0 aliphatic rings. The molecule has 0 atom stereocenters. The average Bonchev–Trinajstić information content (AvgIpc) is 3.03. The van der Waals surface area contributed by atoms with Crippen LogP contribution in [0.1, 0.15) is 15.5 Å². The monoisotopic (exact) mass is 312 g/mol. The van der Waals surface area contributed by atoms with Crippen LogP contribution in [0.5, 0.6) is 0 Å². The van der Waals surface area contributed by atoms with Crippen LogP contribution in [0.15, 0.2) is 42.5 Å². The molecule has 110 valence electrons. The lowest BCUT2D eigenvalue weighted by Gasteiger charge is -2.01. The number of hydrogen-bond acceptors (Lipinski definition) is 7. The fourth-order valence-electron chi connectivity index (χ4n) is 1.75. The third-order valence-electron chi connectivity index (χ3n) is 2.83. The maximum atomic E-state index is 10.9. The second-order valence-electron chi connectivity index (χ2n) is 4.39. The number of benzene rings is 1. The van der Waals surface area contributed by atoms with Crippen LogP contribution in [0.2, 0.25) is 0 Å². The van der Waals surface area contributed by atoms with Crippen molar-refractivity contribution < 1.29 is 4.79 Å². The lowest BCUT2D eigenvalue weighted by molar-refractivity contribution is 0.0994. The summed E-state index contributed by atoms with van der Waals surface area (Å²) in [5.41, 5.74) is 6.28. The van der Waals surface area contributed by atoms with E-state index in [1.54, 1.807) is 6.07 Å². The molecule has 8 heteroatoms. The lowest BCUT2D eigenvalue weighted by Crippen LogP contribution is -2.14. The highest BCUT2D eigenvalue weighted by atomic mass is 32.1. The highest BCUT2D eigenvalue weighted by Crippen LogP contribution is 2.23. The summed E-state index contributed by atoms with van der Waals surface area (Å²) in [6.07, 6.45) is 0. The van der Waals surface area contributed by atoms with Crippen LogP contribution < -0.4 is 11.1 Å². The number of anilines is 1. The minimum absolute atomic E-state index is 0.132. The van der Waals surface area contributed by atoms with Gasteiger partial charge in [-0.3, -0.25) is 4.79 Å². The molecular weight excluding hydrogens is 300 g/mol. The van der Waals surface area contributed by atoms with Gasteiger partial charge >= 0.3 is 0 Å². The van der Waals surface area contributed by atoms with Gasteiger partial charge in [0.05, 0.1) is 6.54 Å². The van der Waals surface area contributed by atoms with E-state index in [0.717, 1.165) is 15.6 Å². The first-order chi connectivity index (χ1) is 10.7. The van der Waals surface area contributed by atoms with Crippen molar-refractivity contribution in [3.8, 4) is 10.6 Å². The molecule has 0 saturated carbocycles. The van der Waals surface area contributed by atoms with Gasteiger partial charge in [0.2, 0.25) is 0 Å². The van der Waals surface area contributed by atoms with Gasteiger partial charge in [-0.1, -0.05) is 41.7 Å². The number of carbonyl (C=O) groups is 1. The largest absolute Gasteiger partial charge is 0.364 e. The van der Waals surface area contributed by atoms with Crippen LogP contribution in [0.25, 0.3) is 10.6 Å². The number of hydrogen-bond donors (Lipinski definition) is 2. The Labute approximate surface area is 130 Å². The Hall–Kier alpha value is -2.87. The van der Waals surface area contributed by atoms with Crippen molar-refractivity contribution in [3.05, 3.63) is 53.2 Å². The third-order valence-corrected chi connectivity index (χ3v) is 3.80. The average molecular weight is 312 g/mol. The maximum absolute atomic E-state index is 10.9. The summed E-state index contributed by atoms with van der Waals surface area (Å²) in [4.78, 5) is 10.9. The summed E-state index contributed by atoms with van der Waals surface area (Å²) >= 11 is 1.51. The zero-order valence-electron chi connectivity index (χ0n) is 11.4. The van der Waals surface area contributed by atoms with E-state index in [2.05, 4.69) is 25.7 Å².